The molecule has 0 aromatic heterocycles. The number of carbonyl (C=O) groups is 1. The number of carbonyl (C=O) groups excluding carboxylic acids is 1. The third-order valence-electron chi connectivity index (χ3n) is 2.88. The van der Waals surface area contributed by atoms with Crippen LogP contribution in [0.5, 0.6) is 11.5 Å². The summed E-state index contributed by atoms with van der Waals surface area (Å²) in [6, 6.07) is 10.9. The maximum atomic E-state index is 12.8. The molecule has 0 spiro atoms. The summed E-state index contributed by atoms with van der Waals surface area (Å²) in [7, 11) is -2.54. The van der Waals surface area contributed by atoms with Crippen LogP contribution in [-0.2, 0) is 14.8 Å². The van der Waals surface area contributed by atoms with Crippen LogP contribution >= 0.6 is 0 Å². The molecule has 0 aliphatic rings. The standard InChI is InChI=1S/C15H15FN2O5S/c1-22-13-4-2-3-5-14(13)23-10-15(19)17-18-24(20,21)12-8-6-11(16)7-9-12/h2-9,18H,10H2,1H3,(H,17,19). The maximum absolute atomic E-state index is 12.8. The summed E-state index contributed by atoms with van der Waals surface area (Å²) in [6.07, 6.45) is 0. The van der Waals surface area contributed by atoms with Crippen molar-refractivity contribution in [2.75, 3.05) is 13.7 Å². The first-order valence-electron chi connectivity index (χ1n) is 6.74. The molecular formula is C15H15FN2O5S. The van der Waals surface area contributed by atoms with E-state index in [1.54, 1.807) is 24.3 Å². The number of hydrogen-bond donors (Lipinski definition) is 2. The molecule has 0 bridgehead atoms. The number of hydrogen-bond acceptors (Lipinski definition) is 5. The van der Waals surface area contributed by atoms with Crippen molar-refractivity contribution < 1.29 is 27.1 Å². The second-order valence-corrected chi connectivity index (χ2v) is 6.23. The largest absolute Gasteiger partial charge is 0.493 e. The monoisotopic (exact) mass is 354 g/mol. The van der Waals surface area contributed by atoms with Crippen LogP contribution in [0.1, 0.15) is 0 Å². The molecule has 0 saturated carbocycles. The van der Waals surface area contributed by atoms with E-state index in [-0.39, 0.29) is 4.90 Å². The Hall–Kier alpha value is -2.65. The number of nitrogens with one attached hydrogen (secondary N) is 2. The highest BCUT2D eigenvalue weighted by molar-refractivity contribution is 7.89. The Morgan fingerprint density at radius 3 is 2.33 bits per heavy atom. The molecule has 1 amide bonds. The third kappa shape index (κ3) is 4.67. The molecule has 2 aromatic carbocycles. The van der Waals surface area contributed by atoms with Crippen LogP contribution in [0.25, 0.3) is 0 Å². The predicted octanol–water partition coefficient (Wildman–Crippen LogP) is 1.22. The van der Waals surface area contributed by atoms with Crippen molar-refractivity contribution in [2.45, 2.75) is 4.90 Å². The number of amides is 1. The molecule has 9 heteroatoms. The van der Waals surface area contributed by atoms with Crippen LogP contribution in [-0.4, -0.2) is 28.0 Å². The Bertz CT molecular complexity index is 809. The van der Waals surface area contributed by atoms with Gasteiger partial charge in [-0.25, -0.2) is 12.8 Å². The summed E-state index contributed by atoms with van der Waals surface area (Å²) in [5.41, 5.74) is 2.01. The van der Waals surface area contributed by atoms with Crippen LogP contribution in [0.2, 0.25) is 0 Å². The molecule has 0 aliphatic heterocycles. The van der Waals surface area contributed by atoms with Crippen molar-refractivity contribution in [3.05, 3.63) is 54.3 Å². The van der Waals surface area contributed by atoms with Gasteiger partial charge in [0, 0.05) is 0 Å². The van der Waals surface area contributed by atoms with Crippen LogP contribution in [0.3, 0.4) is 0 Å². The van der Waals surface area contributed by atoms with E-state index in [2.05, 4.69) is 0 Å². The number of sulfonamides is 1. The summed E-state index contributed by atoms with van der Waals surface area (Å²) in [5, 5.41) is 0. The highest BCUT2D eigenvalue weighted by atomic mass is 32.2. The fraction of sp³-hybridized carbons (Fsp3) is 0.133. The van der Waals surface area contributed by atoms with Gasteiger partial charge >= 0.3 is 0 Å². The van der Waals surface area contributed by atoms with Crippen LogP contribution in [0.15, 0.2) is 53.4 Å². The molecule has 2 aromatic rings. The second-order valence-electron chi connectivity index (χ2n) is 4.55. The highest BCUT2D eigenvalue weighted by Crippen LogP contribution is 2.25. The molecule has 2 rings (SSSR count). The molecule has 0 aliphatic carbocycles. The van der Waals surface area contributed by atoms with Gasteiger partial charge in [0.25, 0.3) is 15.9 Å². The van der Waals surface area contributed by atoms with Gasteiger partial charge < -0.3 is 9.47 Å². The van der Waals surface area contributed by atoms with E-state index in [1.807, 2.05) is 10.3 Å². The van der Waals surface area contributed by atoms with E-state index in [0.717, 1.165) is 24.3 Å². The number of ether oxygens (including phenoxy) is 2. The Balaban J connectivity index is 1.90. The Morgan fingerprint density at radius 1 is 1.08 bits per heavy atom. The number of para-hydroxylation sites is 2. The minimum atomic E-state index is -4.00. The fourth-order valence-corrected chi connectivity index (χ4v) is 2.57. The van der Waals surface area contributed by atoms with Crippen molar-refractivity contribution in [3.63, 3.8) is 0 Å². The topological polar surface area (TPSA) is 93.7 Å². The average Bonchev–Trinajstić information content (AvgIpc) is 2.59. The van der Waals surface area contributed by atoms with Crippen molar-refractivity contribution in [3.8, 4) is 11.5 Å². The minimum Gasteiger partial charge on any atom is -0.493 e. The first-order valence-corrected chi connectivity index (χ1v) is 8.23. The van der Waals surface area contributed by atoms with E-state index in [9.17, 15) is 17.6 Å². The quantitative estimate of drug-likeness (QED) is 0.729. The zero-order chi connectivity index (χ0) is 17.6. The number of benzene rings is 2. The highest BCUT2D eigenvalue weighted by Gasteiger charge is 2.15. The average molecular weight is 354 g/mol. The number of rotatable bonds is 7. The number of halogens is 1. The molecule has 0 radical (unpaired) electrons. The molecule has 0 unspecified atom stereocenters. The van der Waals surface area contributed by atoms with Gasteiger partial charge in [0.1, 0.15) is 5.82 Å². The van der Waals surface area contributed by atoms with E-state index in [4.69, 9.17) is 9.47 Å². The molecule has 0 atom stereocenters. The van der Waals surface area contributed by atoms with Gasteiger partial charge in [0.05, 0.1) is 12.0 Å². The van der Waals surface area contributed by atoms with Crippen molar-refractivity contribution in [1.29, 1.82) is 0 Å². The lowest BCUT2D eigenvalue weighted by atomic mass is 10.3. The molecule has 0 heterocycles. The fourth-order valence-electron chi connectivity index (χ4n) is 1.71. The van der Waals surface area contributed by atoms with Gasteiger partial charge in [-0.05, 0) is 36.4 Å². The van der Waals surface area contributed by atoms with Crippen molar-refractivity contribution in [1.82, 2.24) is 10.3 Å². The van der Waals surface area contributed by atoms with E-state index < -0.39 is 28.4 Å². The zero-order valence-corrected chi connectivity index (χ0v) is 13.5. The summed E-state index contributed by atoms with van der Waals surface area (Å²) in [4.78, 5) is 13.4. The lowest BCUT2D eigenvalue weighted by Crippen LogP contribution is -2.43. The van der Waals surface area contributed by atoms with Gasteiger partial charge in [-0.1, -0.05) is 12.1 Å². The molecule has 2 N–H and O–H groups in total. The van der Waals surface area contributed by atoms with Gasteiger partial charge in [0.2, 0.25) is 0 Å². The van der Waals surface area contributed by atoms with Crippen LogP contribution in [0, 0.1) is 5.82 Å². The van der Waals surface area contributed by atoms with E-state index in [1.165, 1.54) is 7.11 Å². The Kier molecular flexibility index (Phi) is 5.72. The van der Waals surface area contributed by atoms with Crippen molar-refractivity contribution in [2.24, 2.45) is 0 Å². The Labute approximate surface area is 138 Å². The summed E-state index contributed by atoms with van der Waals surface area (Å²) in [5.74, 6) is -0.497. The maximum Gasteiger partial charge on any atom is 0.272 e. The first-order chi connectivity index (χ1) is 11.4. The van der Waals surface area contributed by atoms with Crippen LogP contribution in [0.4, 0.5) is 4.39 Å². The molecular weight excluding hydrogens is 339 g/mol. The normalized spacial score (nSPS) is 10.9. The molecule has 0 fully saturated rings. The molecule has 7 nitrogen and oxygen atoms in total. The molecule has 0 saturated heterocycles. The SMILES string of the molecule is COc1ccccc1OCC(=O)NNS(=O)(=O)c1ccc(F)cc1. The van der Waals surface area contributed by atoms with Gasteiger partial charge in [-0.2, -0.15) is 0 Å². The summed E-state index contributed by atoms with van der Waals surface area (Å²) in [6.45, 7) is -0.424. The predicted molar refractivity (Wildman–Crippen MR) is 83.4 cm³/mol. The van der Waals surface area contributed by atoms with E-state index in [0.29, 0.717) is 11.5 Å². The lowest BCUT2D eigenvalue weighted by molar-refractivity contribution is -0.123. The zero-order valence-electron chi connectivity index (χ0n) is 12.7. The van der Waals surface area contributed by atoms with Gasteiger partial charge in [0.15, 0.2) is 18.1 Å². The number of hydrazine groups is 1. The number of methoxy groups -OCH3 is 1. The first kappa shape index (κ1) is 17.7. The van der Waals surface area contributed by atoms with Gasteiger partial charge in [-0.3, -0.25) is 10.2 Å². The Morgan fingerprint density at radius 2 is 1.71 bits per heavy atom. The summed E-state index contributed by atoms with van der Waals surface area (Å²) >= 11 is 0. The van der Waals surface area contributed by atoms with Crippen molar-refractivity contribution >= 4 is 15.9 Å². The second kappa shape index (κ2) is 7.75. The third-order valence-corrected chi connectivity index (χ3v) is 4.14. The molecule has 24 heavy (non-hydrogen) atoms. The lowest BCUT2D eigenvalue weighted by Gasteiger charge is -2.11. The summed E-state index contributed by atoms with van der Waals surface area (Å²) < 4.78 is 46.9. The van der Waals surface area contributed by atoms with Crippen LogP contribution < -0.4 is 19.7 Å². The van der Waals surface area contributed by atoms with E-state index >= 15 is 0 Å². The molecule has 128 valence electrons. The minimum absolute atomic E-state index is 0.185. The van der Waals surface area contributed by atoms with Gasteiger partial charge in [-0.15, -0.1) is 4.83 Å². The smallest absolute Gasteiger partial charge is 0.272 e.